The highest BCUT2D eigenvalue weighted by atomic mass is 19.4. The molecule has 0 saturated carbocycles. The van der Waals surface area contributed by atoms with Crippen molar-refractivity contribution in [2.45, 2.75) is 12.3 Å². The first kappa shape index (κ1) is 19.3. The van der Waals surface area contributed by atoms with Crippen molar-refractivity contribution in [3.8, 4) is 5.75 Å². The van der Waals surface area contributed by atoms with E-state index in [-0.39, 0.29) is 22.3 Å². The molecule has 0 radical (unpaired) electrons. The number of benzene rings is 2. The lowest BCUT2D eigenvalue weighted by atomic mass is 10.1. The number of hydroxylamine groups is 2. The number of nitrogens with zero attached hydrogens (tertiary/aromatic N) is 1. The number of fused-ring (bicyclic) bond motifs is 1. The van der Waals surface area contributed by atoms with E-state index in [0.29, 0.717) is 6.07 Å². The molecule has 1 heterocycles. The van der Waals surface area contributed by atoms with Gasteiger partial charge in [-0.2, -0.15) is 22.0 Å². The SMILES string of the molecule is O=C1c2ccccc2C(=O)N1OC(=O)C(F)(F)Oc1cccc(C(F)(F)F)c1. The summed E-state index contributed by atoms with van der Waals surface area (Å²) in [5, 5.41) is -0.170. The first-order valence-electron chi connectivity index (χ1n) is 7.45. The number of hydrogen-bond donors (Lipinski definition) is 0. The van der Waals surface area contributed by atoms with Gasteiger partial charge in [-0.3, -0.25) is 9.59 Å². The van der Waals surface area contributed by atoms with Gasteiger partial charge in [-0.1, -0.05) is 23.3 Å². The van der Waals surface area contributed by atoms with Gasteiger partial charge in [-0.05, 0) is 30.3 Å². The summed E-state index contributed by atoms with van der Waals surface area (Å²) in [7, 11) is 0. The zero-order chi connectivity index (χ0) is 20.7. The van der Waals surface area contributed by atoms with E-state index >= 15 is 0 Å². The first-order valence-corrected chi connectivity index (χ1v) is 7.45. The summed E-state index contributed by atoms with van der Waals surface area (Å²) < 4.78 is 69.8. The minimum absolute atomic E-state index is 0.164. The van der Waals surface area contributed by atoms with E-state index in [0.717, 1.165) is 12.1 Å². The maximum Gasteiger partial charge on any atom is 0.504 e. The molecule has 0 aliphatic carbocycles. The highest BCUT2D eigenvalue weighted by Gasteiger charge is 2.49. The molecule has 1 aliphatic heterocycles. The third kappa shape index (κ3) is 3.50. The molecule has 6 nitrogen and oxygen atoms in total. The second kappa shape index (κ2) is 6.59. The molecule has 1 aliphatic rings. The number of imide groups is 1. The summed E-state index contributed by atoms with van der Waals surface area (Å²) in [6.45, 7) is 0. The van der Waals surface area contributed by atoms with Gasteiger partial charge in [0.25, 0.3) is 11.8 Å². The monoisotopic (exact) mass is 401 g/mol. The first-order chi connectivity index (χ1) is 13.0. The molecule has 0 aromatic heterocycles. The van der Waals surface area contributed by atoms with E-state index in [2.05, 4.69) is 9.57 Å². The lowest BCUT2D eigenvalue weighted by Gasteiger charge is -2.19. The molecule has 3 rings (SSSR count). The number of hydrogen-bond acceptors (Lipinski definition) is 5. The van der Waals surface area contributed by atoms with Crippen LogP contribution in [-0.4, -0.2) is 29.0 Å². The van der Waals surface area contributed by atoms with Crippen molar-refractivity contribution in [3.05, 3.63) is 65.2 Å². The predicted molar refractivity (Wildman–Crippen MR) is 80.1 cm³/mol. The molecule has 0 spiro atoms. The van der Waals surface area contributed by atoms with Crippen molar-refractivity contribution < 1.29 is 45.9 Å². The van der Waals surface area contributed by atoms with Crippen LogP contribution in [0.4, 0.5) is 22.0 Å². The second-order valence-corrected chi connectivity index (χ2v) is 5.47. The molecule has 0 fully saturated rings. The summed E-state index contributed by atoms with van der Waals surface area (Å²) in [6.07, 6.45) is -9.60. The number of alkyl halides is 5. The van der Waals surface area contributed by atoms with Gasteiger partial charge in [0.05, 0.1) is 16.7 Å². The molecule has 0 unspecified atom stereocenters. The molecule has 146 valence electrons. The van der Waals surface area contributed by atoms with Crippen molar-refractivity contribution in [2.24, 2.45) is 0 Å². The van der Waals surface area contributed by atoms with Crippen LogP contribution in [0.2, 0.25) is 0 Å². The van der Waals surface area contributed by atoms with E-state index in [1.165, 1.54) is 24.3 Å². The summed E-state index contributed by atoms with van der Waals surface area (Å²) in [4.78, 5) is 39.8. The van der Waals surface area contributed by atoms with Gasteiger partial charge in [-0.25, -0.2) is 4.79 Å². The van der Waals surface area contributed by atoms with Gasteiger partial charge in [0, 0.05) is 0 Å². The number of ether oxygens (including phenoxy) is 1. The van der Waals surface area contributed by atoms with Crippen LogP contribution in [0.25, 0.3) is 0 Å². The molecule has 0 atom stereocenters. The smallest absolute Gasteiger partial charge is 0.424 e. The van der Waals surface area contributed by atoms with Crippen molar-refractivity contribution in [1.29, 1.82) is 0 Å². The molecule has 11 heteroatoms. The maximum absolute atomic E-state index is 13.9. The third-order valence-corrected chi connectivity index (χ3v) is 3.58. The number of rotatable bonds is 4. The number of carbonyl (C=O) groups excluding carboxylic acids is 3. The van der Waals surface area contributed by atoms with Gasteiger partial charge in [0.1, 0.15) is 5.75 Å². The van der Waals surface area contributed by atoms with Crippen LogP contribution in [0.3, 0.4) is 0 Å². The minimum atomic E-state index is -4.82. The van der Waals surface area contributed by atoms with Gasteiger partial charge in [0.15, 0.2) is 0 Å². The lowest BCUT2D eigenvalue weighted by Crippen LogP contribution is -2.43. The maximum atomic E-state index is 13.9. The van der Waals surface area contributed by atoms with Gasteiger partial charge >= 0.3 is 18.3 Å². The second-order valence-electron chi connectivity index (χ2n) is 5.47. The molecular formula is C17H8F5NO5. The fourth-order valence-electron chi connectivity index (χ4n) is 2.31. The Bertz CT molecular complexity index is 937. The summed E-state index contributed by atoms with van der Waals surface area (Å²) in [6, 6.07) is 7.68. The lowest BCUT2D eigenvalue weighted by molar-refractivity contribution is -0.235. The molecule has 0 bridgehead atoms. The Kier molecular flexibility index (Phi) is 4.53. The van der Waals surface area contributed by atoms with Crippen LogP contribution >= 0.6 is 0 Å². The highest BCUT2D eigenvalue weighted by molar-refractivity contribution is 6.20. The molecule has 2 aromatic rings. The van der Waals surface area contributed by atoms with E-state index in [4.69, 9.17) is 0 Å². The quantitative estimate of drug-likeness (QED) is 0.580. The van der Waals surface area contributed by atoms with E-state index in [1.807, 2.05) is 0 Å². The topological polar surface area (TPSA) is 72.9 Å². The highest BCUT2D eigenvalue weighted by Crippen LogP contribution is 2.33. The molecule has 28 heavy (non-hydrogen) atoms. The summed E-state index contributed by atoms with van der Waals surface area (Å²) in [5.41, 5.74) is -1.61. The fraction of sp³-hybridized carbons (Fsp3) is 0.118. The molecular weight excluding hydrogens is 393 g/mol. The Hall–Kier alpha value is -3.50. The Morgan fingerprint density at radius 3 is 1.96 bits per heavy atom. The van der Waals surface area contributed by atoms with Crippen LogP contribution in [-0.2, 0) is 15.8 Å². The number of halogens is 5. The molecule has 2 aromatic carbocycles. The number of carbonyl (C=O) groups is 3. The van der Waals surface area contributed by atoms with Crippen molar-refractivity contribution in [3.63, 3.8) is 0 Å². The summed E-state index contributed by atoms with van der Waals surface area (Å²) >= 11 is 0. The van der Waals surface area contributed by atoms with Crippen LogP contribution in [0.1, 0.15) is 26.3 Å². The van der Waals surface area contributed by atoms with Crippen LogP contribution in [0.5, 0.6) is 5.75 Å². The van der Waals surface area contributed by atoms with Gasteiger partial charge in [-0.15, -0.1) is 0 Å². The Labute approximate surface area is 153 Å². The average molecular weight is 401 g/mol. The minimum Gasteiger partial charge on any atom is -0.424 e. The number of amides is 2. The van der Waals surface area contributed by atoms with Crippen LogP contribution in [0, 0.1) is 0 Å². The third-order valence-electron chi connectivity index (χ3n) is 3.58. The van der Waals surface area contributed by atoms with Crippen LogP contribution in [0.15, 0.2) is 48.5 Å². The zero-order valence-corrected chi connectivity index (χ0v) is 13.5. The molecule has 0 saturated heterocycles. The normalized spacial score (nSPS) is 14.1. The largest absolute Gasteiger partial charge is 0.504 e. The molecule has 0 N–H and O–H groups in total. The van der Waals surface area contributed by atoms with Crippen molar-refractivity contribution in [2.75, 3.05) is 0 Å². The van der Waals surface area contributed by atoms with Gasteiger partial charge < -0.3 is 9.57 Å². The standard InChI is InChI=1S/C17H8F5NO5/c18-16(19,20)9-4-3-5-10(8-9)27-17(21,22)15(26)28-23-13(24)11-6-1-2-7-12(11)14(23)25/h1-8H. The van der Waals surface area contributed by atoms with E-state index in [1.54, 1.807) is 0 Å². The van der Waals surface area contributed by atoms with Crippen LogP contribution < -0.4 is 4.74 Å². The predicted octanol–water partition coefficient (Wildman–Crippen LogP) is 3.43. The Morgan fingerprint density at radius 1 is 0.857 bits per heavy atom. The Morgan fingerprint density at radius 2 is 1.43 bits per heavy atom. The zero-order valence-electron chi connectivity index (χ0n) is 13.5. The van der Waals surface area contributed by atoms with E-state index < -0.39 is 41.4 Å². The van der Waals surface area contributed by atoms with Crippen molar-refractivity contribution in [1.82, 2.24) is 5.06 Å². The van der Waals surface area contributed by atoms with Crippen molar-refractivity contribution >= 4 is 17.8 Å². The average Bonchev–Trinajstić information content (AvgIpc) is 2.86. The summed E-state index contributed by atoms with van der Waals surface area (Å²) in [5.74, 6) is -5.73. The Balaban J connectivity index is 1.76. The fourth-order valence-corrected chi connectivity index (χ4v) is 2.31. The van der Waals surface area contributed by atoms with E-state index in [9.17, 15) is 36.3 Å². The molecule has 2 amide bonds. The van der Waals surface area contributed by atoms with Gasteiger partial charge in [0.2, 0.25) is 0 Å².